The molecule has 1 nitrogen and oxygen atoms in total. The fourth-order valence-corrected chi connectivity index (χ4v) is 2.72. The van der Waals surface area contributed by atoms with Gasteiger partial charge < -0.3 is 0 Å². The van der Waals surface area contributed by atoms with E-state index in [1.54, 1.807) is 6.07 Å². The second kappa shape index (κ2) is 4.89. The number of fused-ring (bicyclic) bond motifs is 1. The highest BCUT2D eigenvalue weighted by Gasteiger charge is 2.40. The Morgan fingerprint density at radius 2 is 2.00 bits per heavy atom. The summed E-state index contributed by atoms with van der Waals surface area (Å²) in [7, 11) is 0. The minimum absolute atomic E-state index is 0.0309. The summed E-state index contributed by atoms with van der Waals surface area (Å²) in [6.07, 6.45) is 0.352. The number of benzene rings is 1. The smallest absolute Gasteiger partial charge is 0.220 e. The van der Waals surface area contributed by atoms with E-state index in [-0.39, 0.29) is 16.7 Å². The topological polar surface area (TPSA) is 12.4 Å². The van der Waals surface area contributed by atoms with E-state index in [4.69, 9.17) is 0 Å². The van der Waals surface area contributed by atoms with Crippen LogP contribution < -0.4 is 0 Å². The van der Waals surface area contributed by atoms with Crippen LogP contribution in [0.25, 0.3) is 0 Å². The maximum Gasteiger partial charge on any atom is 0.273 e. The van der Waals surface area contributed by atoms with Crippen molar-refractivity contribution >= 4 is 17.7 Å². The van der Waals surface area contributed by atoms with Gasteiger partial charge in [0.2, 0.25) is 0 Å². The van der Waals surface area contributed by atoms with Crippen molar-refractivity contribution in [2.75, 3.05) is 0 Å². The van der Waals surface area contributed by atoms with Crippen molar-refractivity contribution < 1.29 is 8.78 Å². The molecule has 0 unspecified atom stereocenters. The van der Waals surface area contributed by atoms with Gasteiger partial charge in [0.05, 0.1) is 5.71 Å². The molecule has 4 heteroatoms. The molecule has 1 aromatic rings. The number of hydrogen-bond donors (Lipinski definition) is 0. The van der Waals surface area contributed by atoms with Gasteiger partial charge in [0.25, 0.3) is 5.92 Å². The van der Waals surface area contributed by atoms with Crippen LogP contribution in [0.3, 0.4) is 0 Å². The van der Waals surface area contributed by atoms with E-state index in [2.05, 4.69) is 25.2 Å². The van der Waals surface area contributed by atoms with Crippen LogP contribution in [0, 0.1) is 0 Å². The van der Waals surface area contributed by atoms with Crippen LogP contribution in [-0.4, -0.2) is 10.5 Å². The Hall–Kier alpha value is -0.900. The molecular weight excluding hydrogens is 264 g/mol. The van der Waals surface area contributed by atoms with Crippen LogP contribution in [0.4, 0.5) is 8.78 Å². The predicted octanol–water partition coefficient (Wildman–Crippen LogP) is 4.98. The highest BCUT2D eigenvalue weighted by atomic mass is 32.2. The van der Waals surface area contributed by atoms with Gasteiger partial charge in [0, 0.05) is 22.3 Å². The van der Waals surface area contributed by atoms with Gasteiger partial charge in [0.1, 0.15) is 0 Å². The molecule has 0 fully saturated rings. The highest BCUT2D eigenvalue weighted by Crippen LogP contribution is 2.43. The molecule has 19 heavy (non-hydrogen) atoms. The van der Waals surface area contributed by atoms with Crippen LogP contribution in [0.5, 0.6) is 0 Å². The zero-order valence-corrected chi connectivity index (χ0v) is 12.6. The summed E-state index contributed by atoms with van der Waals surface area (Å²) < 4.78 is 31.9. The van der Waals surface area contributed by atoms with E-state index in [0.29, 0.717) is 6.42 Å². The lowest BCUT2D eigenvalue weighted by atomic mass is 10.00. The summed E-state index contributed by atoms with van der Waals surface area (Å²) in [6.45, 7) is 8.14. The maximum atomic E-state index is 13.7. The third kappa shape index (κ3) is 3.16. The first kappa shape index (κ1) is 14.5. The van der Waals surface area contributed by atoms with Crippen molar-refractivity contribution in [2.24, 2.45) is 4.40 Å². The van der Waals surface area contributed by atoms with Gasteiger partial charge in [-0.1, -0.05) is 18.2 Å². The molecule has 1 aliphatic rings. The third-order valence-corrected chi connectivity index (χ3v) is 4.02. The molecule has 0 N–H and O–H groups in total. The average molecular weight is 283 g/mol. The van der Waals surface area contributed by atoms with Crippen LogP contribution in [0.2, 0.25) is 0 Å². The third-order valence-electron chi connectivity index (χ3n) is 3.11. The molecule has 1 aliphatic carbocycles. The van der Waals surface area contributed by atoms with E-state index < -0.39 is 5.92 Å². The van der Waals surface area contributed by atoms with Gasteiger partial charge in [-0.15, -0.1) is 0 Å². The molecule has 0 heterocycles. The van der Waals surface area contributed by atoms with Gasteiger partial charge in [-0.25, -0.2) is 13.2 Å². The lowest BCUT2D eigenvalue weighted by Crippen LogP contribution is -2.09. The molecule has 0 atom stereocenters. The van der Waals surface area contributed by atoms with E-state index in [0.717, 1.165) is 16.8 Å². The normalized spacial score (nSPS) is 18.5. The van der Waals surface area contributed by atoms with Gasteiger partial charge in [-0.2, -0.15) is 0 Å². The van der Waals surface area contributed by atoms with Gasteiger partial charge >= 0.3 is 0 Å². The zero-order chi connectivity index (χ0) is 14.3. The van der Waals surface area contributed by atoms with Gasteiger partial charge in [0.15, 0.2) is 0 Å². The summed E-state index contributed by atoms with van der Waals surface area (Å²) in [6, 6.07) is 5.13. The first-order chi connectivity index (χ1) is 8.71. The fraction of sp³-hybridized carbons (Fsp3) is 0.533. The van der Waals surface area contributed by atoms with Crippen molar-refractivity contribution in [3.05, 3.63) is 34.9 Å². The van der Waals surface area contributed by atoms with Crippen molar-refractivity contribution in [1.82, 2.24) is 0 Å². The molecule has 0 aliphatic heterocycles. The number of alkyl halides is 2. The Balaban J connectivity index is 2.35. The monoisotopic (exact) mass is 283 g/mol. The molecule has 0 bridgehead atoms. The quantitative estimate of drug-likeness (QED) is 0.551. The standard InChI is InChI=1S/C15H19F2NS/c1-10(18-19-14(2,3)4)11-6-5-7-13-12(11)8-9-15(13,16)17/h5-7H,8-9H2,1-4H3/b18-10+. The van der Waals surface area contributed by atoms with E-state index >= 15 is 0 Å². The largest absolute Gasteiger partial charge is 0.273 e. The lowest BCUT2D eigenvalue weighted by molar-refractivity contribution is -0.00183. The second-order valence-corrected chi connectivity index (χ2v) is 7.51. The van der Waals surface area contributed by atoms with E-state index in [1.807, 2.05) is 13.0 Å². The summed E-state index contributed by atoms with van der Waals surface area (Å²) in [5.74, 6) is -2.68. The first-order valence-electron chi connectivity index (χ1n) is 6.44. The Morgan fingerprint density at radius 1 is 1.32 bits per heavy atom. The van der Waals surface area contributed by atoms with E-state index in [9.17, 15) is 8.78 Å². The Bertz CT molecular complexity index is 515. The number of halogens is 2. The molecule has 0 spiro atoms. The van der Waals surface area contributed by atoms with Gasteiger partial charge in [-0.3, -0.25) is 0 Å². The molecule has 2 rings (SSSR count). The van der Waals surface area contributed by atoms with Crippen molar-refractivity contribution in [2.45, 2.75) is 51.2 Å². The first-order valence-corrected chi connectivity index (χ1v) is 7.21. The van der Waals surface area contributed by atoms with Crippen LogP contribution in [0.15, 0.2) is 22.6 Å². The molecular formula is C15H19F2NS. The summed E-state index contributed by atoms with van der Waals surface area (Å²) in [4.78, 5) is 0. The van der Waals surface area contributed by atoms with Crippen LogP contribution in [-0.2, 0) is 12.3 Å². The molecule has 1 aromatic carbocycles. The second-order valence-electron chi connectivity index (χ2n) is 5.92. The molecule has 0 saturated heterocycles. The average Bonchev–Trinajstić information content (AvgIpc) is 2.62. The minimum Gasteiger partial charge on any atom is -0.220 e. The summed E-state index contributed by atoms with van der Waals surface area (Å²) in [5.41, 5.74) is 2.64. The van der Waals surface area contributed by atoms with Crippen LogP contribution >= 0.6 is 11.9 Å². The number of hydrogen-bond acceptors (Lipinski definition) is 2. The molecule has 0 radical (unpaired) electrons. The van der Waals surface area contributed by atoms with Crippen LogP contribution in [0.1, 0.15) is 50.8 Å². The maximum absolute atomic E-state index is 13.7. The SMILES string of the molecule is C/C(=N\SC(C)(C)C)c1cccc2c1CCC2(F)F. The summed E-state index contributed by atoms with van der Waals surface area (Å²) in [5, 5.41) is 0. The Kier molecular flexibility index (Phi) is 3.74. The number of rotatable bonds is 2. The van der Waals surface area contributed by atoms with Crippen molar-refractivity contribution in [1.29, 1.82) is 0 Å². The van der Waals surface area contributed by atoms with Crippen molar-refractivity contribution in [3.8, 4) is 0 Å². The van der Waals surface area contributed by atoms with Gasteiger partial charge in [-0.05, 0) is 51.6 Å². The Labute approximate surface area is 117 Å². The summed E-state index contributed by atoms with van der Waals surface area (Å²) >= 11 is 1.48. The molecule has 104 valence electrons. The lowest BCUT2D eigenvalue weighted by Gasteiger charge is -2.15. The molecule has 0 saturated carbocycles. The fourth-order valence-electron chi connectivity index (χ4n) is 2.21. The van der Waals surface area contributed by atoms with Crippen molar-refractivity contribution in [3.63, 3.8) is 0 Å². The number of nitrogens with zero attached hydrogens (tertiary/aromatic N) is 1. The zero-order valence-electron chi connectivity index (χ0n) is 11.8. The highest BCUT2D eigenvalue weighted by molar-refractivity contribution is 7.99. The minimum atomic E-state index is -2.68. The Morgan fingerprint density at radius 3 is 2.63 bits per heavy atom. The molecule has 0 amide bonds. The molecule has 0 aromatic heterocycles. The van der Waals surface area contributed by atoms with E-state index in [1.165, 1.54) is 18.0 Å². The predicted molar refractivity (Wildman–Crippen MR) is 78.2 cm³/mol.